The summed E-state index contributed by atoms with van der Waals surface area (Å²) in [4.78, 5) is 44.9. The maximum Gasteiger partial charge on any atom is 0.371 e. The van der Waals surface area contributed by atoms with E-state index in [2.05, 4.69) is 0 Å². The zero-order valence-electron chi connectivity index (χ0n) is 12.1. The van der Waals surface area contributed by atoms with Crippen LogP contribution in [0.3, 0.4) is 0 Å². The smallest absolute Gasteiger partial charge is 0.371 e. The van der Waals surface area contributed by atoms with E-state index in [1.807, 2.05) is 0 Å². The third-order valence-electron chi connectivity index (χ3n) is 2.30. The summed E-state index contributed by atoms with van der Waals surface area (Å²) in [6.07, 6.45) is -0.517. The molecule has 0 rings (SSSR count). The molecule has 2 atom stereocenters. The Bertz CT molecular complexity index is 379. The Kier molecular flexibility index (Phi) is 8.87. The fraction of sp³-hybridized carbons (Fsp3) is 0.692. The average Bonchev–Trinajstić information content (AvgIpc) is 2.34. The molecule has 0 aliphatic heterocycles. The molecule has 0 aromatic heterocycles. The molecule has 1 unspecified atom stereocenters. The first kappa shape index (κ1) is 18.6. The van der Waals surface area contributed by atoms with Crippen molar-refractivity contribution < 1.29 is 28.7 Å². The molecule has 0 aromatic carbocycles. The second-order valence-corrected chi connectivity index (χ2v) is 5.48. The third-order valence-corrected chi connectivity index (χ3v) is 3.20. The van der Waals surface area contributed by atoms with Crippen molar-refractivity contribution >= 4 is 34.6 Å². The summed E-state index contributed by atoms with van der Waals surface area (Å²) >= 11 is 0.709. The average molecular weight is 304 g/mol. The van der Waals surface area contributed by atoms with Gasteiger partial charge in [-0.05, 0) is 25.6 Å². The van der Waals surface area contributed by atoms with Crippen LogP contribution < -0.4 is 0 Å². The second kappa shape index (κ2) is 9.52. The maximum atomic E-state index is 11.6. The molecule has 0 saturated heterocycles. The van der Waals surface area contributed by atoms with E-state index in [4.69, 9.17) is 9.47 Å². The number of thioether (sulfide) groups is 1. The second-order valence-electron chi connectivity index (χ2n) is 4.21. The van der Waals surface area contributed by atoms with Gasteiger partial charge < -0.3 is 14.3 Å². The molecule has 0 fully saturated rings. The Hall–Kier alpha value is -1.37. The first-order valence-corrected chi connectivity index (χ1v) is 7.23. The van der Waals surface area contributed by atoms with Crippen LogP contribution in [0.25, 0.3) is 0 Å². The summed E-state index contributed by atoms with van der Waals surface area (Å²) in [7, 11) is 0. The van der Waals surface area contributed by atoms with Gasteiger partial charge in [-0.2, -0.15) is 0 Å². The molecule has 20 heavy (non-hydrogen) atoms. The molecule has 0 spiro atoms. The molecule has 7 heteroatoms. The van der Waals surface area contributed by atoms with Crippen LogP contribution in [0, 0.1) is 0 Å². The standard InChI is InChI=1S/C13H20O6S/c1-5-12(16)18-10(4)19-13(17)20-9(3)11(15)7-6-8(2)14/h9-10H,5-7H2,1-4H3/t9?,10-/m1/s1. The highest BCUT2D eigenvalue weighted by Gasteiger charge is 2.21. The van der Waals surface area contributed by atoms with Crippen LogP contribution in [-0.2, 0) is 23.9 Å². The number of carbonyl (C=O) groups is 4. The number of hydrogen-bond acceptors (Lipinski definition) is 7. The molecule has 114 valence electrons. The van der Waals surface area contributed by atoms with Gasteiger partial charge >= 0.3 is 11.3 Å². The number of ketones is 2. The summed E-state index contributed by atoms with van der Waals surface area (Å²) in [5.74, 6) is -0.737. The summed E-state index contributed by atoms with van der Waals surface area (Å²) in [6, 6.07) is 0. The highest BCUT2D eigenvalue weighted by atomic mass is 32.2. The lowest BCUT2D eigenvalue weighted by molar-refractivity contribution is -0.163. The Labute approximate surface area is 122 Å². The fourth-order valence-corrected chi connectivity index (χ4v) is 1.90. The van der Waals surface area contributed by atoms with Crippen molar-refractivity contribution in [2.45, 2.75) is 58.5 Å². The van der Waals surface area contributed by atoms with E-state index in [1.54, 1.807) is 13.8 Å². The zero-order chi connectivity index (χ0) is 15.7. The van der Waals surface area contributed by atoms with Gasteiger partial charge in [-0.3, -0.25) is 9.59 Å². The van der Waals surface area contributed by atoms with E-state index >= 15 is 0 Å². The number of esters is 1. The van der Waals surface area contributed by atoms with Gasteiger partial charge in [-0.15, -0.1) is 0 Å². The quantitative estimate of drug-likeness (QED) is 0.503. The molecule has 0 aliphatic carbocycles. The van der Waals surface area contributed by atoms with Crippen molar-refractivity contribution in [3.05, 3.63) is 0 Å². The van der Waals surface area contributed by atoms with Crippen molar-refractivity contribution in [3.8, 4) is 0 Å². The normalized spacial score (nSPS) is 13.2. The maximum absolute atomic E-state index is 11.6. The molecule has 0 heterocycles. The van der Waals surface area contributed by atoms with Gasteiger partial charge in [0, 0.05) is 26.2 Å². The van der Waals surface area contributed by atoms with Gasteiger partial charge in [-0.25, -0.2) is 4.79 Å². The van der Waals surface area contributed by atoms with Crippen molar-refractivity contribution in [2.75, 3.05) is 0 Å². The minimum atomic E-state index is -0.984. The minimum absolute atomic E-state index is 0.0711. The molecule has 0 aromatic rings. The van der Waals surface area contributed by atoms with Gasteiger partial charge in [0.25, 0.3) is 0 Å². The van der Waals surface area contributed by atoms with Crippen LogP contribution in [0.4, 0.5) is 4.79 Å². The van der Waals surface area contributed by atoms with Gasteiger partial charge in [0.1, 0.15) is 11.6 Å². The highest BCUT2D eigenvalue weighted by molar-refractivity contribution is 8.14. The number of hydrogen-bond donors (Lipinski definition) is 0. The van der Waals surface area contributed by atoms with Crippen LogP contribution >= 0.6 is 11.8 Å². The molecular formula is C13H20O6S. The van der Waals surface area contributed by atoms with Gasteiger partial charge in [0.2, 0.25) is 6.29 Å². The van der Waals surface area contributed by atoms with Crippen LogP contribution in [0.15, 0.2) is 0 Å². The first-order valence-electron chi connectivity index (χ1n) is 6.35. The van der Waals surface area contributed by atoms with E-state index in [-0.39, 0.29) is 30.8 Å². The van der Waals surface area contributed by atoms with Crippen LogP contribution in [0.2, 0.25) is 0 Å². The van der Waals surface area contributed by atoms with Crippen molar-refractivity contribution in [1.29, 1.82) is 0 Å². The monoisotopic (exact) mass is 304 g/mol. The van der Waals surface area contributed by atoms with Crippen LogP contribution in [-0.4, -0.2) is 34.4 Å². The summed E-state index contributed by atoms with van der Waals surface area (Å²) < 4.78 is 9.60. The van der Waals surface area contributed by atoms with E-state index in [9.17, 15) is 19.2 Å². The first-order chi connectivity index (χ1) is 9.26. The van der Waals surface area contributed by atoms with Crippen molar-refractivity contribution in [2.24, 2.45) is 0 Å². The summed E-state index contributed by atoms with van der Waals surface area (Å²) in [5, 5.41) is -1.29. The van der Waals surface area contributed by atoms with Gasteiger partial charge in [0.05, 0.1) is 5.25 Å². The molecule has 0 N–H and O–H groups in total. The molecule has 0 radical (unpaired) electrons. The lowest BCUT2D eigenvalue weighted by atomic mass is 10.1. The topological polar surface area (TPSA) is 86.7 Å². The van der Waals surface area contributed by atoms with Gasteiger partial charge in [0.15, 0.2) is 0 Å². The molecule has 6 nitrogen and oxygen atoms in total. The zero-order valence-corrected chi connectivity index (χ0v) is 13.0. The molecule has 0 aliphatic rings. The number of rotatable bonds is 8. The van der Waals surface area contributed by atoms with E-state index in [0.29, 0.717) is 11.8 Å². The summed E-state index contributed by atoms with van der Waals surface area (Å²) in [5.41, 5.74) is 0. The van der Waals surface area contributed by atoms with E-state index in [1.165, 1.54) is 13.8 Å². The molecule has 0 amide bonds. The summed E-state index contributed by atoms with van der Waals surface area (Å²) in [6.45, 7) is 6.02. The van der Waals surface area contributed by atoms with E-state index in [0.717, 1.165) is 0 Å². The minimum Gasteiger partial charge on any atom is -0.425 e. The van der Waals surface area contributed by atoms with Crippen LogP contribution in [0.1, 0.15) is 47.0 Å². The third kappa shape index (κ3) is 8.68. The number of Topliss-reactive ketones (excluding diaryl/α,β-unsaturated/α-hetero) is 2. The largest absolute Gasteiger partial charge is 0.425 e. The molecular weight excluding hydrogens is 284 g/mol. The predicted octanol–water partition coefficient (Wildman–Crippen LogP) is 2.48. The molecule has 0 saturated carbocycles. The lowest BCUT2D eigenvalue weighted by Crippen LogP contribution is -2.22. The van der Waals surface area contributed by atoms with Gasteiger partial charge in [-0.1, -0.05) is 6.92 Å². The Balaban J connectivity index is 4.09. The van der Waals surface area contributed by atoms with Crippen molar-refractivity contribution in [3.63, 3.8) is 0 Å². The SMILES string of the molecule is CCC(=O)O[C@@H](C)OC(=O)SC(C)C(=O)CCC(C)=O. The Morgan fingerprint density at radius 3 is 2.15 bits per heavy atom. The van der Waals surface area contributed by atoms with Crippen LogP contribution in [0.5, 0.6) is 0 Å². The number of ether oxygens (including phenoxy) is 2. The molecule has 0 bridgehead atoms. The number of carbonyl (C=O) groups excluding carboxylic acids is 4. The predicted molar refractivity (Wildman–Crippen MR) is 74.3 cm³/mol. The Morgan fingerprint density at radius 1 is 1.05 bits per heavy atom. The van der Waals surface area contributed by atoms with E-state index < -0.39 is 22.8 Å². The fourth-order valence-electron chi connectivity index (χ4n) is 1.17. The Morgan fingerprint density at radius 2 is 1.65 bits per heavy atom. The van der Waals surface area contributed by atoms with Crippen molar-refractivity contribution in [1.82, 2.24) is 0 Å². The lowest BCUT2D eigenvalue weighted by Gasteiger charge is -2.14. The highest BCUT2D eigenvalue weighted by Crippen LogP contribution is 2.18.